The lowest BCUT2D eigenvalue weighted by Crippen LogP contribution is -2.10. The minimum Gasteiger partial charge on any atom is -0.397 e. The smallest absolute Gasteiger partial charge is 0.154 e. The average molecular weight is 178 g/mol. The molecule has 0 amide bonds. The van der Waals surface area contributed by atoms with Gasteiger partial charge in [-0.2, -0.15) is 0 Å². The van der Waals surface area contributed by atoms with Crippen LogP contribution in [0.2, 0.25) is 0 Å². The molecule has 0 aliphatic carbocycles. The van der Waals surface area contributed by atoms with Crippen molar-refractivity contribution in [2.75, 3.05) is 13.2 Å². The third kappa shape index (κ3) is 16.5. The maximum atomic E-state index is 8.86. The summed E-state index contributed by atoms with van der Waals surface area (Å²) in [6, 6.07) is 0. The second kappa shape index (κ2) is 13.5. The molecule has 1 atom stereocenters. The Morgan fingerprint density at radius 1 is 1.25 bits per heavy atom. The standard InChI is InChI=1S/C7H16O2.C2H6O/c1-3-5-6-9-7(8)4-2;1-2-3/h7-8H,3-6H2,1-2H3;3H,2H2,1H3. The van der Waals surface area contributed by atoms with Crippen molar-refractivity contribution in [1.29, 1.82) is 0 Å². The van der Waals surface area contributed by atoms with Crippen LogP contribution in [0.25, 0.3) is 0 Å². The highest BCUT2D eigenvalue weighted by atomic mass is 16.6. The normalized spacial score (nSPS) is 11.8. The van der Waals surface area contributed by atoms with E-state index in [4.69, 9.17) is 14.9 Å². The molecular weight excluding hydrogens is 156 g/mol. The Kier molecular flexibility index (Phi) is 16.2. The zero-order chi connectivity index (χ0) is 9.82. The zero-order valence-corrected chi connectivity index (χ0v) is 8.42. The summed E-state index contributed by atoms with van der Waals surface area (Å²) in [7, 11) is 0. The fourth-order valence-corrected chi connectivity index (χ4v) is 0.482. The van der Waals surface area contributed by atoms with Crippen molar-refractivity contribution in [2.24, 2.45) is 0 Å². The second-order valence-corrected chi connectivity index (χ2v) is 2.40. The van der Waals surface area contributed by atoms with E-state index in [9.17, 15) is 0 Å². The highest BCUT2D eigenvalue weighted by Gasteiger charge is 1.96. The molecule has 0 spiro atoms. The summed E-state index contributed by atoms with van der Waals surface area (Å²) in [5.41, 5.74) is 0. The van der Waals surface area contributed by atoms with Crippen molar-refractivity contribution in [1.82, 2.24) is 0 Å². The molecule has 0 aliphatic heterocycles. The number of rotatable bonds is 5. The van der Waals surface area contributed by atoms with Crippen LogP contribution >= 0.6 is 0 Å². The van der Waals surface area contributed by atoms with Crippen LogP contribution in [0, 0.1) is 0 Å². The number of hydrogen-bond donors (Lipinski definition) is 2. The zero-order valence-electron chi connectivity index (χ0n) is 8.42. The Morgan fingerprint density at radius 2 is 1.75 bits per heavy atom. The van der Waals surface area contributed by atoms with E-state index in [0.29, 0.717) is 13.0 Å². The monoisotopic (exact) mass is 178 g/mol. The molecule has 0 aromatic rings. The van der Waals surface area contributed by atoms with E-state index in [1.54, 1.807) is 6.92 Å². The number of hydrogen-bond acceptors (Lipinski definition) is 3. The summed E-state index contributed by atoms with van der Waals surface area (Å²) >= 11 is 0. The van der Waals surface area contributed by atoms with Crippen LogP contribution in [-0.2, 0) is 4.74 Å². The molecule has 0 aliphatic rings. The number of aliphatic hydroxyl groups is 2. The predicted molar refractivity (Wildman–Crippen MR) is 49.9 cm³/mol. The summed E-state index contributed by atoms with van der Waals surface area (Å²) in [5.74, 6) is 0. The third-order valence-corrected chi connectivity index (χ3v) is 1.16. The molecule has 3 nitrogen and oxygen atoms in total. The topological polar surface area (TPSA) is 49.7 Å². The largest absolute Gasteiger partial charge is 0.397 e. The molecule has 0 aromatic carbocycles. The maximum Gasteiger partial charge on any atom is 0.154 e. The summed E-state index contributed by atoms with van der Waals surface area (Å²) in [5, 5.41) is 16.4. The molecule has 2 N–H and O–H groups in total. The average Bonchev–Trinajstić information content (AvgIpc) is 2.06. The summed E-state index contributed by atoms with van der Waals surface area (Å²) < 4.78 is 4.99. The number of aliphatic hydroxyl groups excluding tert-OH is 2. The molecule has 0 saturated heterocycles. The highest BCUT2D eigenvalue weighted by Crippen LogP contribution is 1.95. The molecule has 0 rings (SSSR count). The Hall–Kier alpha value is -0.120. The van der Waals surface area contributed by atoms with Gasteiger partial charge in [0, 0.05) is 13.2 Å². The van der Waals surface area contributed by atoms with Gasteiger partial charge in [-0.1, -0.05) is 20.3 Å². The van der Waals surface area contributed by atoms with Gasteiger partial charge in [-0.05, 0) is 19.8 Å². The minimum atomic E-state index is -0.545. The fourth-order valence-electron chi connectivity index (χ4n) is 0.482. The molecule has 76 valence electrons. The summed E-state index contributed by atoms with van der Waals surface area (Å²) in [4.78, 5) is 0. The lowest BCUT2D eigenvalue weighted by molar-refractivity contribution is -0.101. The number of ether oxygens (including phenoxy) is 1. The van der Waals surface area contributed by atoms with Gasteiger partial charge in [0.15, 0.2) is 6.29 Å². The van der Waals surface area contributed by atoms with Gasteiger partial charge in [0.2, 0.25) is 0 Å². The molecular formula is C9H22O3. The van der Waals surface area contributed by atoms with Gasteiger partial charge in [0.25, 0.3) is 0 Å². The van der Waals surface area contributed by atoms with Crippen LogP contribution in [0.3, 0.4) is 0 Å². The van der Waals surface area contributed by atoms with Crippen molar-refractivity contribution in [2.45, 2.75) is 46.3 Å². The van der Waals surface area contributed by atoms with Crippen molar-refractivity contribution in [3.8, 4) is 0 Å². The van der Waals surface area contributed by atoms with Crippen LogP contribution in [0.15, 0.2) is 0 Å². The van der Waals surface area contributed by atoms with E-state index in [1.165, 1.54) is 0 Å². The lowest BCUT2D eigenvalue weighted by atomic mass is 10.4. The SMILES string of the molecule is CCCCOC(O)CC.CCO. The Balaban J connectivity index is 0. The molecule has 0 heterocycles. The van der Waals surface area contributed by atoms with Crippen molar-refractivity contribution in [3.63, 3.8) is 0 Å². The maximum absolute atomic E-state index is 8.86. The first-order chi connectivity index (χ1) is 5.72. The first kappa shape index (κ1) is 14.4. The van der Waals surface area contributed by atoms with Crippen molar-refractivity contribution >= 4 is 0 Å². The van der Waals surface area contributed by atoms with Gasteiger partial charge in [-0.3, -0.25) is 0 Å². The highest BCUT2D eigenvalue weighted by molar-refractivity contribution is 4.35. The Morgan fingerprint density at radius 3 is 2.08 bits per heavy atom. The Bertz CT molecular complexity index is 66.8. The van der Waals surface area contributed by atoms with E-state index < -0.39 is 6.29 Å². The van der Waals surface area contributed by atoms with Crippen molar-refractivity contribution in [3.05, 3.63) is 0 Å². The van der Waals surface area contributed by atoms with E-state index in [-0.39, 0.29) is 6.61 Å². The molecule has 0 fully saturated rings. The molecule has 1 unspecified atom stereocenters. The van der Waals surface area contributed by atoms with E-state index in [2.05, 4.69) is 6.92 Å². The van der Waals surface area contributed by atoms with E-state index in [1.807, 2.05) is 6.92 Å². The van der Waals surface area contributed by atoms with E-state index >= 15 is 0 Å². The fraction of sp³-hybridized carbons (Fsp3) is 1.00. The Labute approximate surface area is 75.4 Å². The van der Waals surface area contributed by atoms with Gasteiger partial charge in [-0.15, -0.1) is 0 Å². The summed E-state index contributed by atoms with van der Waals surface area (Å²) in [6.07, 6.45) is 2.30. The molecule has 3 heteroatoms. The van der Waals surface area contributed by atoms with Crippen LogP contribution in [0.5, 0.6) is 0 Å². The molecule has 0 bridgehead atoms. The van der Waals surface area contributed by atoms with Crippen LogP contribution < -0.4 is 0 Å². The minimum absolute atomic E-state index is 0.250. The van der Waals surface area contributed by atoms with Crippen molar-refractivity contribution < 1.29 is 14.9 Å². The van der Waals surface area contributed by atoms with Gasteiger partial charge < -0.3 is 14.9 Å². The lowest BCUT2D eigenvalue weighted by Gasteiger charge is -2.07. The molecule has 0 aromatic heterocycles. The molecule has 0 radical (unpaired) electrons. The van der Waals surface area contributed by atoms with E-state index in [0.717, 1.165) is 12.8 Å². The second-order valence-electron chi connectivity index (χ2n) is 2.40. The first-order valence-corrected chi connectivity index (χ1v) is 4.63. The van der Waals surface area contributed by atoms with Gasteiger partial charge in [0.1, 0.15) is 0 Å². The van der Waals surface area contributed by atoms with Gasteiger partial charge in [-0.25, -0.2) is 0 Å². The quantitative estimate of drug-likeness (QED) is 0.496. The van der Waals surface area contributed by atoms with Crippen LogP contribution in [0.1, 0.15) is 40.0 Å². The van der Waals surface area contributed by atoms with Crippen LogP contribution in [0.4, 0.5) is 0 Å². The van der Waals surface area contributed by atoms with Gasteiger partial charge in [0.05, 0.1) is 0 Å². The first-order valence-electron chi connectivity index (χ1n) is 4.63. The molecule has 0 saturated carbocycles. The molecule has 12 heavy (non-hydrogen) atoms. The predicted octanol–water partition coefficient (Wildman–Crippen LogP) is 1.53. The third-order valence-electron chi connectivity index (χ3n) is 1.16. The summed E-state index contributed by atoms with van der Waals surface area (Å²) in [6.45, 7) is 6.61. The van der Waals surface area contributed by atoms with Gasteiger partial charge >= 0.3 is 0 Å². The number of unbranched alkanes of at least 4 members (excludes halogenated alkanes) is 1. The van der Waals surface area contributed by atoms with Crippen LogP contribution in [-0.4, -0.2) is 29.7 Å².